The maximum Gasteiger partial charge on any atom is 0.175 e. The smallest absolute Gasteiger partial charge is 0.175 e. The predicted molar refractivity (Wildman–Crippen MR) is 150 cm³/mol. The number of ether oxygens (including phenoxy) is 2. The van der Waals surface area contributed by atoms with Gasteiger partial charge < -0.3 is 25.0 Å². The van der Waals surface area contributed by atoms with Gasteiger partial charge in [0.15, 0.2) is 11.6 Å². The van der Waals surface area contributed by atoms with Crippen molar-refractivity contribution in [3.63, 3.8) is 0 Å². The van der Waals surface area contributed by atoms with Gasteiger partial charge in [0.1, 0.15) is 17.5 Å². The molecule has 3 atom stereocenters. The van der Waals surface area contributed by atoms with Crippen LogP contribution in [-0.2, 0) is 11.2 Å². The van der Waals surface area contributed by atoms with Crippen molar-refractivity contribution < 1.29 is 9.47 Å². The molecule has 2 fully saturated rings. The van der Waals surface area contributed by atoms with E-state index in [-0.39, 0.29) is 11.5 Å². The molecule has 1 aliphatic carbocycles. The fourth-order valence-corrected chi connectivity index (χ4v) is 7.63. The van der Waals surface area contributed by atoms with Gasteiger partial charge in [0.25, 0.3) is 0 Å². The highest BCUT2D eigenvalue weighted by Crippen LogP contribution is 2.50. The molecular weight excluding hydrogens is 510 g/mol. The lowest BCUT2D eigenvalue weighted by molar-refractivity contribution is 0.115. The number of anilines is 2. The van der Waals surface area contributed by atoms with Crippen molar-refractivity contribution in [1.82, 2.24) is 19.9 Å². The number of rotatable bonds is 6. The zero-order valence-corrected chi connectivity index (χ0v) is 23.1. The highest BCUT2D eigenvalue weighted by atomic mass is 32.2. The Kier molecular flexibility index (Phi) is 6.57. The minimum Gasteiger partial charge on any atom is -0.486 e. The summed E-state index contributed by atoms with van der Waals surface area (Å²) >= 11 is 1.58. The quantitative estimate of drug-likeness (QED) is 0.491. The van der Waals surface area contributed by atoms with Crippen LogP contribution in [0.1, 0.15) is 43.5 Å². The molecule has 204 valence electrons. The SMILES string of the molecule is CCOC[C@H]1C[C@H]2COc3c(Sc4cnc(N5CCC6(CC5)Cc5ncccc5[C@H]6N)cn4)ccnc3N2C1. The molecule has 0 radical (unpaired) electrons. The fraction of sp³-hybridized carbons (Fsp3) is 0.517. The molecule has 10 heteroatoms. The number of nitrogens with two attached hydrogens (primary N) is 1. The fourth-order valence-electron chi connectivity index (χ4n) is 6.82. The molecule has 1 spiro atoms. The van der Waals surface area contributed by atoms with Crippen LogP contribution in [0.15, 0.2) is 52.9 Å². The summed E-state index contributed by atoms with van der Waals surface area (Å²) in [7, 11) is 0. The summed E-state index contributed by atoms with van der Waals surface area (Å²) in [6, 6.07) is 6.58. The van der Waals surface area contributed by atoms with Gasteiger partial charge in [0.2, 0.25) is 0 Å². The van der Waals surface area contributed by atoms with Crippen molar-refractivity contribution in [3.05, 3.63) is 54.2 Å². The van der Waals surface area contributed by atoms with Gasteiger partial charge in [-0.2, -0.15) is 0 Å². The van der Waals surface area contributed by atoms with Gasteiger partial charge in [-0.3, -0.25) is 4.98 Å². The van der Waals surface area contributed by atoms with E-state index in [1.165, 1.54) is 11.3 Å². The van der Waals surface area contributed by atoms with Gasteiger partial charge in [-0.25, -0.2) is 15.0 Å². The highest BCUT2D eigenvalue weighted by Gasteiger charge is 2.46. The minimum atomic E-state index is 0.0631. The molecule has 6 heterocycles. The number of aromatic nitrogens is 4. The Bertz CT molecular complexity index is 1330. The molecule has 0 unspecified atom stereocenters. The van der Waals surface area contributed by atoms with Gasteiger partial charge in [0, 0.05) is 56.3 Å². The van der Waals surface area contributed by atoms with Crippen molar-refractivity contribution in [2.45, 2.75) is 54.6 Å². The Balaban J connectivity index is 1.01. The Morgan fingerprint density at radius 2 is 2.03 bits per heavy atom. The van der Waals surface area contributed by atoms with E-state index < -0.39 is 0 Å². The Morgan fingerprint density at radius 1 is 1.13 bits per heavy atom. The van der Waals surface area contributed by atoms with Gasteiger partial charge in [-0.15, -0.1) is 0 Å². The van der Waals surface area contributed by atoms with Crippen LogP contribution in [0.5, 0.6) is 5.75 Å². The maximum atomic E-state index is 6.72. The number of hydrogen-bond acceptors (Lipinski definition) is 10. The molecule has 0 saturated carbocycles. The number of hydrogen-bond donors (Lipinski definition) is 1. The largest absolute Gasteiger partial charge is 0.486 e. The third-order valence-electron chi connectivity index (χ3n) is 8.95. The second-order valence-electron chi connectivity index (χ2n) is 11.2. The average molecular weight is 546 g/mol. The monoisotopic (exact) mass is 545 g/mol. The molecule has 3 aromatic heterocycles. The lowest BCUT2D eigenvalue weighted by Gasteiger charge is -2.42. The normalized spacial score (nSPS) is 24.8. The van der Waals surface area contributed by atoms with Gasteiger partial charge in [0.05, 0.1) is 29.9 Å². The number of piperidine rings is 1. The van der Waals surface area contributed by atoms with Crippen molar-refractivity contribution >= 4 is 23.4 Å². The molecule has 4 aliphatic rings. The van der Waals surface area contributed by atoms with E-state index in [2.05, 4.69) is 20.9 Å². The molecule has 7 rings (SSSR count). The number of nitrogens with zero attached hydrogens (tertiary/aromatic N) is 6. The van der Waals surface area contributed by atoms with E-state index in [9.17, 15) is 0 Å². The van der Waals surface area contributed by atoms with E-state index in [0.717, 1.165) is 85.8 Å². The third-order valence-corrected chi connectivity index (χ3v) is 9.91. The summed E-state index contributed by atoms with van der Waals surface area (Å²) in [5.41, 5.74) is 9.23. The summed E-state index contributed by atoms with van der Waals surface area (Å²) in [6.45, 7) is 7.09. The van der Waals surface area contributed by atoms with Crippen molar-refractivity contribution in [3.8, 4) is 5.75 Å². The van der Waals surface area contributed by atoms with Gasteiger partial charge >= 0.3 is 0 Å². The summed E-state index contributed by atoms with van der Waals surface area (Å²) < 4.78 is 11.9. The van der Waals surface area contributed by atoms with E-state index in [1.54, 1.807) is 11.8 Å². The van der Waals surface area contributed by atoms with Crippen molar-refractivity contribution in [2.24, 2.45) is 17.1 Å². The molecule has 0 amide bonds. The Labute approximate surface area is 233 Å². The molecular formula is C29H35N7O2S. The Hall–Kier alpha value is -2.95. The van der Waals surface area contributed by atoms with Crippen LogP contribution >= 0.6 is 11.8 Å². The first kappa shape index (κ1) is 25.0. The van der Waals surface area contributed by atoms with Crippen LogP contribution in [0, 0.1) is 11.3 Å². The molecule has 2 N–H and O–H groups in total. The molecule has 0 aromatic carbocycles. The van der Waals surface area contributed by atoms with E-state index >= 15 is 0 Å². The van der Waals surface area contributed by atoms with Crippen LogP contribution in [0.3, 0.4) is 0 Å². The first-order valence-electron chi connectivity index (χ1n) is 14.0. The number of fused-ring (bicyclic) bond motifs is 4. The van der Waals surface area contributed by atoms with E-state index in [1.807, 2.05) is 43.8 Å². The third kappa shape index (κ3) is 4.52. The predicted octanol–water partition coefficient (Wildman–Crippen LogP) is 3.88. The molecule has 9 nitrogen and oxygen atoms in total. The van der Waals surface area contributed by atoms with E-state index in [0.29, 0.717) is 18.6 Å². The molecule has 0 bridgehead atoms. The van der Waals surface area contributed by atoms with Crippen LogP contribution in [0.4, 0.5) is 11.6 Å². The lowest BCUT2D eigenvalue weighted by atomic mass is 9.73. The van der Waals surface area contributed by atoms with Gasteiger partial charge in [-0.05, 0) is 55.7 Å². The molecule has 39 heavy (non-hydrogen) atoms. The molecule has 3 aromatic rings. The van der Waals surface area contributed by atoms with Crippen molar-refractivity contribution in [1.29, 1.82) is 0 Å². The minimum absolute atomic E-state index is 0.0631. The second-order valence-corrected chi connectivity index (χ2v) is 12.3. The first-order chi connectivity index (χ1) is 19.1. The van der Waals surface area contributed by atoms with E-state index in [4.69, 9.17) is 30.2 Å². The first-order valence-corrected chi connectivity index (χ1v) is 14.9. The summed E-state index contributed by atoms with van der Waals surface area (Å²) in [5, 5.41) is 0.848. The maximum absolute atomic E-state index is 6.72. The summed E-state index contributed by atoms with van der Waals surface area (Å²) in [4.78, 5) is 24.6. The zero-order chi connectivity index (χ0) is 26.4. The zero-order valence-electron chi connectivity index (χ0n) is 22.3. The summed E-state index contributed by atoms with van der Waals surface area (Å²) in [5.74, 6) is 3.22. The molecule has 3 aliphatic heterocycles. The van der Waals surface area contributed by atoms with Crippen LogP contribution < -0.4 is 20.3 Å². The second kappa shape index (κ2) is 10.2. The lowest BCUT2D eigenvalue weighted by Crippen LogP contribution is -2.44. The standard InChI is InChI=1S/C29H35N7O2S/c1-2-37-17-19-12-20-18-38-26-23(5-9-32-28(26)36(20)16-19)39-25-15-33-24(14-34-25)35-10-6-29(7-11-35)13-22-21(27(29)30)4-3-8-31-22/h3-5,8-9,14-15,19-20,27H,2,6-7,10-13,16-18,30H2,1H3/t19-,20-,27+/m0/s1. The van der Waals surface area contributed by atoms with Crippen LogP contribution in [0.2, 0.25) is 0 Å². The highest BCUT2D eigenvalue weighted by molar-refractivity contribution is 7.99. The average Bonchev–Trinajstić information content (AvgIpc) is 3.52. The summed E-state index contributed by atoms with van der Waals surface area (Å²) in [6.07, 6.45) is 11.6. The van der Waals surface area contributed by atoms with Crippen molar-refractivity contribution in [2.75, 3.05) is 49.3 Å². The van der Waals surface area contributed by atoms with Gasteiger partial charge in [-0.1, -0.05) is 17.8 Å². The molecule has 2 saturated heterocycles. The Morgan fingerprint density at radius 3 is 2.82 bits per heavy atom. The van der Waals surface area contributed by atoms with Crippen LogP contribution in [-0.4, -0.2) is 65.4 Å². The topological polar surface area (TPSA) is 103 Å². The van der Waals surface area contributed by atoms with Crippen LogP contribution in [0.25, 0.3) is 0 Å². The number of pyridine rings is 2.